The van der Waals surface area contributed by atoms with Crippen molar-refractivity contribution in [1.82, 2.24) is 30.0 Å². The molecule has 0 saturated carbocycles. The molecule has 0 bridgehead atoms. The highest BCUT2D eigenvalue weighted by molar-refractivity contribution is 5.95. The van der Waals surface area contributed by atoms with Crippen LogP contribution in [0.25, 0.3) is 11.1 Å². The fourth-order valence-corrected chi connectivity index (χ4v) is 2.78. The average Bonchev–Trinajstić information content (AvgIpc) is 3.21. The lowest BCUT2D eigenvalue weighted by Crippen LogP contribution is -2.30. The van der Waals surface area contributed by atoms with Gasteiger partial charge in [-0.3, -0.25) is 14.3 Å². The standard InChI is InChI=1S/C20H22N6O2/c1-14(18-7-8-22-13-23-18)25(3)20(28)16-6-4-5-15(9-16)17-10-24-26(11-17)12-19(27)21-2/h4-11,13-14H,12H2,1-3H3,(H,21,27). The molecule has 2 aromatic heterocycles. The van der Waals surface area contributed by atoms with E-state index in [2.05, 4.69) is 20.4 Å². The van der Waals surface area contributed by atoms with Gasteiger partial charge in [-0.05, 0) is 30.7 Å². The molecule has 0 spiro atoms. The van der Waals surface area contributed by atoms with Gasteiger partial charge in [0.25, 0.3) is 5.91 Å². The molecule has 1 atom stereocenters. The highest BCUT2D eigenvalue weighted by atomic mass is 16.2. The number of nitrogens with zero attached hydrogens (tertiary/aromatic N) is 5. The first-order valence-electron chi connectivity index (χ1n) is 8.86. The number of carbonyl (C=O) groups is 2. The van der Waals surface area contributed by atoms with E-state index in [0.29, 0.717) is 5.56 Å². The molecule has 8 nitrogen and oxygen atoms in total. The molecule has 0 fully saturated rings. The number of hydrogen-bond donors (Lipinski definition) is 1. The van der Waals surface area contributed by atoms with E-state index in [4.69, 9.17) is 0 Å². The van der Waals surface area contributed by atoms with Gasteiger partial charge in [0.05, 0.1) is 17.9 Å². The molecule has 0 radical (unpaired) electrons. The van der Waals surface area contributed by atoms with E-state index in [0.717, 1.165) is 16.8 Å². The summed E-state index contributed by atoms with van der Waals surface area (Å²) < 4.78 is 1.56. The van der Waals surface area contributed by atoms with E-state index in [1.165, 1.54) is 6.33 Å². The Labute approximate surface area is 163 Å². The van der Waals surface area contributed by atoms with Crippen molar-refractivity contribution in [3.63, 3.8) is 0 Å². The summed E-state index contributed by atoms with van der Waals surface area (Å²) in [6, 6.07) is 8.96. The molecule has 1 unspecified atom stereocenters. The molecule has 144 valence electrons. The molecule has 0 aliphatic heterocycles. The van der Waals surface area contributed by atoms with Gasteiger partial charge in [-0.25, -0.2) is 9.97 Å². The first-order chi connectivity index (χ1) is 13.5. The van der Waals surface area contributed by atoms with Crippen molar-refractivity contribution in [2.75, 3.05) is 14.1 Å². The average molecular weight is 378 g/mol. The first kappa shape index (κ1) is 19.2. The van der Waals surface area contributed by atoms with Gasteiger partial charge in [-0.2, -0.15) is 5.10 Å². The smallest absolute Gasteiger partial charge is 0.254 e. The zero-order chi connectivity index (χ0) is 20.1. The van der Waals surface area contributed by atoms with Crippen molar-refractivity contribution in [3.05, 3.63) is 66.5 Å². The number of hydrogen-bond acceptors (Lipinski definition) is 5. The largest absolute Gasteiger partial charge is 0.358 e. The van der Waals surface area contributed by atoms with Crippen LogP contribution in [0.3, 0.4) is 0 Å². The van der Waals surface area contributed by atoms with Crippen LogP contribution in [-0.2, 0) is 11.3 Å². The third kappa shape index (κ3) is 4.22. The van der Waals surface area contributed by atoms with E-state index in [1.807, 2.05) is 25.1 Å². The Balaban J connectivity index is 1.79. The SMILES string of the molecule is CNC(=O)Cn1cc(-c2cccc(C(=O)N(C)C(C)c3ccncn3)c2)cn1. The number of nitrogens with one attached hydrogen (secondary N) is 1. The highest BCUT2D eigenvalue weighted by Gasteiger charge is 2.20. The predicted molar refractivity (Wildman–Crippen MR) is 104 cm³/mol. The molecule has 8 heteroatoms. The summed E-state index contributed by atoms with van der Waals surface area (Å²) >= 11 is 0. The van der Waals surface area contributed by atoms with Crippen molar-refractivity contribution >= 4 is 11.8 Å². The Kier molecular flexibility index (Phi) is 5.78. The van der Waals surface area contributed by atoms with Gasteiger partial charge in [0.15, 0.2) is 0 Å². The maximum Gasteiger partial charge on any atom is 0.254 e. The molecular formula is C20H22N6O2. The monoisotopic (exact) mass is 378 g/mol. The van der Waals surface area contributed by atoms with Gasteiger partial charge in [-0.15, -0.1) is 0 Å². The Morgan fingerprint density at radius 2 is 2.07 bits per heavy atom. The van der Waals surface area contributed by atoms with Crippen molar-refractivity contribution in [2.24, 2.45) is 0 Å². The third-order valence-electron chi connectivity index (χ3n) is 4.59. The van der Waals surface area contributed by atoms with Crippen molar-refractivity contribution in [1.29, 1.82) is 0 Å². The molecule has 0 saturated heterocycles. The number of amides is 2. The maximum absolute atomic E-state index is 12.9. The lowest BCUT2D eigenvalue weighted by atomic mass is 10.0. The first-order valence-corrected chi connectivity index (χ1v) is 8.86. The number of likely N-dealkylation sites (N-methyl/N-ethyl adjacent to an activating group) is 1. The Hall–Kier alpha value is -3.55. The minimum Gasteiger partial charge on any atom is -0.358 e. The second kappa shape index (κ2) is 8.43. The molecule has 0 aliphatic rings. The van der Waals surface area contributed by atoms with Crippen molar-refractivity contribution < 1.29 is 9.59 Å². The van der Waals surface area contributed by atoms with Gasteiger partial charge >= 0.3 is 0 Å². The van der Waals surface area contributed by atoms with Crippen LogP contribution in [0, 0.1) is 0 Å². The maximum atomic E-state index is 12.9. The van der Waals surface area contributed by atoms with Gasteiger partial charge in [-0.1, -0.05) is 12.1 Å². The molecule has 1 aromatic carbocycles. The number of benzene rings is 1. The van der Waals surface area contributed by atoms with Gasteiger partial charge < -0.3 is 10.2 Å². The highest BCUT2D eigenvalue weighted by Crippen LogP contribution is 2.23. The molecule has 0 aliphatic carbocycles. The Bertz CT molecular complexity index is 970. The molecule has 3 rings (SSSR count). The second-order valence-corrected chi connectivity index (χ2v) is 6.41. The summed E-state index contributed by atoms with van der Waals surface area (Å²) in [6.07, 6.45) is 6.60. The van der Waals surface area contributed by atoms with Crippen LogP contribution in [0.15, 0.2) is 55.2 Å². The molecule has 2 heterocycles. The van der Waals surface area contributed by atoms with E-state index < -0.39 is 0 Å². The van der Waals surface area contributed by atoms with E-state index >= 15 is 0 Å². The van der Waals surface area contributed by atoms with Gasteiger partial charge in [0.1, 0.15) is 12.9 Å². The van der Waals surface area contributed by atoms with Crippen LogP contribution in [0.4, 0.5) is 0 Å². The molecule has 1 N–H and O–H groups in total. The lowest BCUT2D eigenvalue weighted by molar-refractivity contribution is -0.121. The minimum absolute atomic E-state index is 0.106. The topological polar surface area (TPSA) is 93.0 Å². The van der Waals surface area contributed by atoms with Crippen molar-refractivity contribution in [3.8, 4) is 11.1 Å². The molecule has 3 aromatic rings. The summed E-state index contributed by atoms with van der Waals surface area (Å²) in [5, 5.41) is 6.77. The van der Waals surface area contributed by atoms with Crippen LogP contribution < -0.4 is 5.32 Å². The quantitative estimate of drug-likeness (QED) is 0.707. The van der Waals surface area contributed by atoms with Gasteiger partial charge in [0.2, 0.25) is 5.91 Å². The van der Waals surface area contributed by atoms with Crippen LogP contribution in [0.1, 0.15) is 29.0 Å². The summed E-state index contributed by atoms with van der Waals surface area (Å²) in [5.74, 6) is -0.232. The Morgan fingerprint density at radius 1 is 1.25 bits per heavy atom. The number of carbonyl (C=O) groups excluding carboxylic acids is 2. The molecular weight excluding hydrogens is 356 g/mol. The second-order valence-electron chi connectivity index (χ2n) is 6.41. The van der Waals surface area contributed by atoms with E-state index in [-0.39, 0.29) is 24.4 Å². The summed E-state index contributed by atoms with van der Waals surface area (Å²) in [6.45, 7) is 2.07. The van der Waals surface area contributed by atoms with Crippen molar-refractivity contribution in [2.45, 2.75) is 19.5 Å². The van der Waals surface area contributed by atoms with Crippen LogP contribution in [0.5, 0.6) is 0 Å². The predicted octanol–water partition coefficient (Wildman–Crippen LogP) is 1.92. The lowest BCUT2D eigenvalue weighted by Gasteiger charge is -2.24. The summed E-state index contributed by atoms with van der Waals surface area (Å²) in [5.41, 5.74) is 3.04. The van der Waals surface area contributed by atoms with Crippen LogP contribution in [0.2, 0.25) is 0 Å². The van der Waals surface area contributed by atoms with Crippen LogP contribution in [-0.4, -0.2) is 50.6 Å². The summed E-state index contributed by atoms with van der Waals surface area (Å²) in [7, 11) is 3.34. The Morgan fingerprint density at radius 3 is 2.79 bits per heavy atom. The minimum atomic E-state index is -0.186. The van der Waals surface area contributed by atoms with E-state index in [9.17, 15) is 9.59 Å². The zero-order valence-electron chi connectivity index (χ0n) is 16.0. The van der Waals surface area contributed by atoms with E-state index in [1.54, 1.807) is 54.4 Å². The zero-order valence-corrected chi connectivity index (χ0v) is 16.0. The molecule has 2 amide bonds. The number of aromatic nitrogens is 4. The fourth-order valence-electron chi connectivity index (χ4n) is 2.78. The fraction of sp³-hybridized carbons (Fsp3) is 0.250. The van der Waals surface area contributed by atoms with Gasteiger partial charge in [0, 0.05) is 37.6 Å². The normalized spacial score (nSPS) is 11.7. The number of rotatable bonds is 6. The van der Waals surface area contributed by atoms with Crippen LogP contribution >= 0.6 is 0 Å². The summed E-state index contributed by atoms with van der Waals surface area (Å²) in [4.78, 5) is 34.2. The molecule has 28 heavy (non-hydrogen) atoms. The third-order valence-corrected chi connectivity index (χ3v) is 4.59.